The quantitative estimate of drug-likeness (QED) is 0.691. The van der Waals surface area contributed by atoms with Crippen LogP contribution < -0.4 is 5.11 Å². The van der Waals surface area contributed by atoms with E-state index in [1.54, 1.807) is 6.92 Å². The Kier molecular flexibility index (Phi) is 3.15. The monoisotopic (exact) mass is 215 g/mol. The smallest absolute Gasteiger partial charge is 0.220 e. The molecule has 0 bridgehead atoms. The van der Waals surface area contributed by atoms with Gasteiger partial charge in [-0.2, -0.15) is 0 Å². The molecule has 0 unspecified atom stereocenters. The maximum atomic E-state index is 11.6. The lowest BCUT2D eigenvalue weighted by atomic mass is 10.1. The molecule has 0 aromatic rings. The van der Waals surface area contributed by atoms with Crippen LogP contribution in [0.25, 0.3) is 0 Å². The van der Waals surface area contributed by atoms with Gasteiger partial charge in [-0.1, -0.05) is 20.8 Å². The maximum Gasteiger partial charge on any atom is 0.301 e. The van der Waals surface area contributed by atoms with E-state index in [1.807, 2.05) is 13.8 Å². The van der Waals surface area contributed by atoms with Gasteiger partial charge in [-0.3, -0.25) is 0 Å². The third-order valence-electron chi connectivity index (χ3n) is 1.93. The fourth-order valence-corrected chi connectivity index (χ4v) is 2.12. The molecule has 1 radical (unpaired) electrons. The molecule has 0 fully saturated rings. The molecule has 1 rings (SSSR count). The minimum atomic E-state index is -3.29. The zero-order valence-electron chi connectivity index (χ0n) is 8.43. The van der Waals surface area contributed by atoms with Crippen LogP contribution in [-0.2, 0) is 9.84 Å². The molecule has 1 aliphatic rings. The minimum Gasteiger partial charge on any atom is -0.220 e. The van der Waals surface area contributed by atoms with Gasteiger partial charge < -0.3 is 0 Å². The lowest BCUT2D eigenvalue weighted by Gasteiger charge is -2.07. The molecule has 0 atom stereocenters. The number of hydrogen-bond donors (Lipinski definition) is 0. The Labute approximate surface area is 83.5 Å². The highest BCUT2D eigenvalue weighted by molar-refractivity contribution is 8.06. The predicted octanol–water partition coefficient (Wildman–Crippen LogP) is 1.08. The molecule has 0 aliphatic carbocycles. The van der Waals surface area contributed by atoms with E-state index >= 15 is 0 Å². The Bertz CT molecular complexity index is 404. The van der Waals surface area contributed by atoms with Crippen LogP contribution in [0.3, 0.4) is 0 Å². The molecule has 5 nitrogen and oxygen atoms in total. The topological polar surface area (TPSA) is 73.0 Å². The van der Waals surface area contributed by atoms with Crippen LogP contribution in [0.4, 0.5) is 0 Å². The standard InChI is InChI=1S/C8H13N3O2S/c1-4-14(12,13)8-7(6(2)3)5-9-11-10-8/h5-6H,4H2,1-3H3/q+1. The van der Waals surface area contributed by atoms with Crippen LogP contribution in [0.1, 0.15) is 20.8 Å². The Morgan fingerprint density at radius 3 is 2.64 bits per heavy atom. The van der Waals surface area contributed by atoms with Gasteiger partial charge in [0.05, 0.1) is 21.5 Å². The van der Waals surface area contributed by atoms with E-state index in [4.69, 9.17) is 0 Å². The second-order valence-corrected chi connectivity index (χ2v) is 5.45. The zero-order valence-corrected chi connectivity index (χ0v) is 9.24. The molecule has 0 spiro atoms. The summed E-state index contributed by atoms with van der Waals surface area (Å²) in [6.07, 6.45) is 1.46. The third kappa shape index (κ3) is 2.06. The van der Waals surface area contributed by atoms with Crippen molar-refractivity contribution >= 4 is 14.9 Å². The van der Waals surface area contributed by atoms with Gasteiger partial charge in [-0.15, -0.1) is 0 Å². The van der Waals surface area contributed by atoms with Gasteiger partial charge in [0.2, 0.25) is 9.84 Å². The first-order valence-electron chi connectivity index (χ1n) is 4.40. The van der Waals surface area contributed by atoms with E-state index in [0.717, 1.165) is 0 Å². The van der Waals surface area contributed by atoms with Crippen LogP contribution in [0, 0.1) is 5.92 Å². The molecular weight excluding hydrogens is 202 g/mol. The molecule has 6 heteroatoms. The number of hydrogen-bond acceptors (Lipinski definition) is 5. The number of sulfone groups is 1. The van der Waals surface area contributed by atoms with Gasteiger partial charge in [0, 0.05) is 0 Å². The molecule has 0 amide bonds. The normalized spacial score (nSPS) is 16.9. The molecule has 14 heavy (non-hydrogen) atoms. The van der Waals surface area contributed by atoms with Crippen molar-refractivity contribution in [2.24, 2.45) is 16.2 Å². The lowest BCUT2D eigenvalue weighted by Crippen LogP contribution is -2.23. The summed E-state index contributed by atoms with van der Waals surface area (Å²) < 4.78 is 23.2. The molecule has 0 aromatic heterocycles. The average molecular weight is 215 g/mol. The number of nitrogens with zero attached hydrogens (tertiary/aromatic N) is 3. The van der Waals surface area contributed by atoms with Crippen molar-refractivity contribution < 1.29 is 8.42 Å². The molecule has 1 heterocycles. The van der Waals surface area contributed by atoms with Crippen LogP contribution in [0.2, 0.25) is 0 Å². The summed E-state index contributed by atoms with van der Waals surface area (Å²) in [5.41, 5.74) is 0.627. The maximum absolute atomic E-state index is 11.6. The molecule has 77 valence electrons. The van der Waals surface area contributed by atoms with Crippen LogP contribution in [0.5, 0.6) is 0 Å². The lowest BCUT2D eigenvalue weighted by molar-refractivity contribution is 0.607. The first-order chi connectivity index (χ1) is 6.49. The van der Waals surface area contributed by atoms with E-state index in [9.17, 15) is 8.42 Å². The van der Waals surface area contributed by atoms with E-state index in [-0.39, 0.29) is 16.7 Å². The Morgan fingerprint density at radius 1 is 1.50 bits per heavy atom. The third-order valence-corrected chi connectivity index (χ3v) is 3.59. The second kappa shape index (κ2) is 4.00. The van der Waals surface area contributed by atoms with Crippen LogP contribution >= 0.6 is 0 Å². The van der Waals surface area contributed by atoms with Gasteiger partial charge >= 0.3 is 5.04 Å². The van der Waals surface area contributed by atoms with Crippen molar-refractivity contribution in [3.8, 4) is 0 Å². The average Bonchev–Trinajstić information content (AvgIpc) is 2.18. The SMILES string of the molecule is CCS(=O)(=O)C1=NN=[N+]C=C1C(C)C. The molecule has 1 aliphatic heterocycles. The van der Waals surface area contributed by atoms with E-state index in [0.29, 0.717) is 5.57 Å². The highest BCUT2D eigenvalue weighted by Crippen LogP contribution is 2.17. The molecule has 0 N–H and O–H groups in total. The Balaban J connectivity index is 3.18. The van der Waals surface area contributed by atoms with Crippen molar-refractivity contribution in [1.29, 1.82) is 0 Å². The summed E-state index contributed by atoms with van der Waals surface area (Å²) in [4.78, 5) is 0. The highest BCUT2D eigenvalue weighted by atomic mass is 32.2. The van der Waals surface area contributed by atoms with Crippen molar-refractivity contribution in [1.82, 2.24) is 5.11 Å². The minimum absolute atomic E-state index is 0.0331. The summed E-state index contributed by atoms with van der Waals surface area (Å²) in [5.74, 6) is 0.111. The summed E-state index contributed by atoms with van der Waals surface area (Å²) in [5, 5.41) is 10.6. The van der Waals surface area contributed by atoms with Gasteiger partial charge in [0.25, 0.3) is 0 Å². The van der Waals surface area contributed by atoms with Crippen LogP contribution in [-0.4, -0.2) is 19.2 Å². The van der Waals surface area contributed by atoms with E-state index in [2.05, 4.69) is 15.4 Å². The predicted molar refractivity (Wildman–Crippen MR) is 54.4 cm³/mol. The van der Waals surface area contributed by atoms with Gasteiger partial charge in [-0.25, -0.2) is 8.42 Å². The molecule has 0 aromatic carbocycles. The second-order valence-electron chi connectivity index (χ2n) is 3.25. The number of rotatable bonds is 2. The summed E-state index contributed by atoms with van der Waals surface area (Å²) in [6.45, 7) is 5.38. The fraction of sp³-hybridized carbons (Fsp3) is 0.625. The van der Waals surface area contributed by atoms with Crippen LogP contribution in [0.15, 0.2) is 22.1 Å². The van der Waals surface area contributed by atoms with E-state index < -0.39 is 9.84 Å². The van der Waals surface area contributed by atoms with Gasteiger partial charge in [-0.05, 0) is 5.92 Å². The van der Waals surface area contributed by atoms with Gasteiger partial charge in [0.15, 0.2) is 11.4 Å². The fourth-order valence-electron chi connectivity index (χ4n) is 1.04. The summed E-state index contributed by atoms with van der Waals surface area (Å²) in [7, 11) is -3.29. The molecular formula is C8H13N3O2S+. The van der Waals surface area contributed by atoms with E-state index in [1.165, 1.54) is 6.20 Å². The molecule has 0 saturated heterocycles. The summed E-state index contributed by atoms with van der Waals surface area (Å²) in [6, 6.07) is 0. The largest absolute Gasteiger partial charge is 0.301 e. The van der Waals surface area contributed by atoms with Crippen molar-refractivity contribution in [3.05, 3.63) is 11.8 Å². The Hall–Kier alpha value is -1.04. The Morgan fingerprint density at radius 2 is 2.14 bits per heavy atom. The van der Waals surface area contributed by atoms with Gasteiger partial charge in [0.1, 0.15) is 0 Å². The molecule has 0 saturated carbocycles. The first kappa shape index (κ1) is 11.0. The van der Waals surface area contributed by atoms with Crippen molar-refractivity contribution in [3.63, 3.8) is 0 Å². The first-order valence-corrected chi connectivity index (χ1v) is 6.05. The highest BCUT2D eigenvalue weighted by Gasteiger charge is 2.32. The van der Waals surface area contributed by atoms with Crippen molar-refractivity contribution in [2.75, 3.05) is 5.75 Å². The summed E-state index contributed by atoms with van der Waals surface area (Å²) >= 11 is 0. The van der Waals surface area contributed by atoms with Crippen molar-refractivity contribution in [2.45, 2.75) is 20.8 Å². The zero-order chi connectivity index (χ0) is 10.8.